The van der Waals surface area contributed by atoms with Crippen LogP contribution in [0.4, 0.5) is 0 Å². The minimum absolute atomic E-state index is 0.255. The zero-order valence-corrected chi connectivity index (χ0v) is 13.1. The molecule has 5 heteroatoms. The van der Waals surface area contributed by atoms with E-state index in [1.807, 2.05) is 13.0 Å². The maximum Gasteiger partial charge on any atom is 0.119 e. The van der Waals surface area contributed by atoms with Gasteiger partial charge in [-0.05, 0) is 44.0 Å². The van der Waals surface area contributed by atoms with E-state index in [1.54, 1.807) is 19.2 Å². The lowest BCUT2D eigenvalue weighted by molar-refractivity contribution is 0.102. The molecule has 0 radical (unpaired) electrons. The first-order chi connectivity index (χ1) is 9.52. The molecular formula is C15H24ClNO3. The summed E-state index contributed by atoms with van der Waals surface area (Å²) in [5, 5.41) is 13.8. The second kappa shape index (κ2) is 9.19. The van der Waals surface area contributed by atoms with Crippen molar-refractivity contribution in [3.63, 3.8) is 0 Å². The van der Waals surface area contributed by atoms with Gasteiger partial charge in [0.1, 0.15) is 18.5 Å². The summed E-state index contributed by atoms with van der Waals surface area (Å²) in [6.07, 6.45) is 0.372. The number of aliphatic hydroxyl groups is 1. The van der Waals surface area contributed by atoms with Crippen LogP contribution in [-0.2, 0) is 4.74 Å². The quantitative estimate of drug-likeness (QED) is 0.735. The van der Waals surface area contributed by atoms with E-state index in [9.17, 15) is 5.11 Å². The van der Waals surface area contributed by atoms with Gasteiger partial charge in [-0.1, -0.05) is 11.6 Å². The van der Waals surface area contributed by atoms with Gasteiger partial charge in [0, 0.05) is 31.3 Å². The highest BCUT2D eigenvalue weighted by Crippen LogP contribution is 2.21. The average molecular weight is 302 g/mol. The van der Waals surface area contributed by atoms with Crippen LogP contribution in [0.25, 0.3) is 0 Å². The normalized spacial score (nSPS) is 14.1. The van der Waals surface area contributed by atoms with Crippen molar-refractivity contribution in [1.82, 2.24) is 5.32 Å². The first kappa shape index (κ1) is 17.2. The minimum Gasteiger partial charge on any atom is -0.491 e. The van der Waals surface area contributed by atoms with E-state index in [1.165, 1.54) is 0 Å². The molecule has 0 aliphatic heterocycles. The molecule has 0 aromatic heterocycles. The molecule has 1 aromatic rings. The second-order valence-electron chi connectivity index (χ2n) is 4.97. The van der Waals surface area contributed by atoms with Crippen LogP contribution in [0.3, 0.4) is 0 Å². The minimum atomic E-state index is -0.545. The molecule has 1 aromatic carbocycles. The van der Waals surface area contributed by atoms with Crippen LogP contribution in [0.5, 0.6) is 5.75 Å². The van der Waals surface area contributed by atoms with Crippen LogP contribution in [0.2, 0.25) is 5.02 Å². The molecule has 0 heterocycles. The number of hydrogen-bond donors (Lipinski definition) is 2. The largest absolute Gasteiger partial charge is 0.491 e. The van der Waals surface area contributed by atoms with Gasteiger partial charge in [-0.3, -0.25) is 0 Å². The molecule has 0 spiro atoms. The van der Waals surface area contributed by atoms with Crippen LogP contribution >= 0.6 is 11.6 Å². The Kier molecular flexibility index (Phi) is 7.92. The predicted octanol–water partition coefficient (Wildman–Crippen LogP) is 2.40. The van der Waals surface area contributed by atoms with Crippen molar-refractivity contribution >= 4 is 11.6 Å². The van der Waals surface area contributed by atoms with Gasteiger partial charge >= 0.3 is 0 Å². The van der Waals surface area contributed by atoms with Gasteiger partial charge in [0.25, 0.3) is 0 Å². The lowest BCUT2D eigenvalue weighted by Crippen LogP contribution is -2.37. The van der Waals surface area contributed by atoms with E-state index in [2.05, 4.69) is 12.2 Å². The van der Waals surface area contributed by atoms with Gasteiger partial charge in [-0.15, -0.1) is 0 Å². The van der Waals surface area contributed by atoms with E-state index in [0.717, 1.165) is 17.7 Å². The number of nitrogens with one attached hydrogen (secondary N) is 1. The van der Waals surface area contributed by atoms with E-state index >= 15 is 0 Å². The topological polar surface area (TPSA) is 50.7 Å². The molecule has 0 amide bonds. The fraction of sp³-hybridized carbons (Fsp3) is 0.600. The molecule has 0 fully saturated rings. The summed E-state index contributed by atoms with van der Waals surface area (Å²) < 4.78 is 10.6. The summed E-state index contributed by atoms with van der Waals surface area (Å²) in [5.41, 5.74) is 0.963. The summed E-state index contributed by atoms with van der Waals surface area (Å²) in [4.78, 5) is 0. The third-order valence-electron chi connectivity index (χ3n) is 3.03. The maximum absolute atomic E-state index is 9.86. The second-order valence-corrected chi connectivity index (χ2v) is 5.37. The number of aliphatic hydroxyl groups excluding tert-OH is 1. The SMILES string of the molecule is COCCC(C)NCC(O)COc1ccc(Cl)c(C)c1. The number of hydrogen-bond acceptors (Lipinski definition) is 4. The van der Waals surface area contributed by atoms with Crippen molar-refractivity contribution in [3.8, 4) is 5.75 Å². The molecular weight excluding hydrogens is 278 g/mol. The highest BCUT2D eigenvalue weighted by Gasteiger charge is 2.08. The Labute approximate surface area is 126 Å². The van der Waals surface area contributed by atoms with Gasteiger partial charge in [0.2, 0.25) is 0 Å². The van der Waals surface area contributed by atoms with Crippen molar-refractivity contribution in [3.05, 3.63) is 28.8 Å². The van der Waals surface area contributed by atoms with Gasteiger partial charge < -0.3 is 19.9 Å². The fourth-order valence-electron chi connectivity index (χ4n) is 1.69. The monoisotopic (exact) mass is 301 g/mol. The molecule has 0 aliphatic rings. The molecule has 0 saturated carbocycles. The molecule has 4 nitrogen and oxygen atoms in total. The number of benzene rings is 1. The number of rotatable bonds is 9. The van der Waals surface area contributed by atoms with E-state index in [0.29, 0.717) is 24.2 Å². The van der Waals surface area contributed by atoms with Crippen molar-refractivity contribution in [1.29, 1.82) is 0 Å². The van der Waals surface area contributed by atoms with Crippen LogP contribution in [-0.4, -0.2) is 44.1 Å². The van der Waals surface area contributed by atoms with E-state index in [4.69, 9.17) is 21.1 Å². The standard InChI is InChI=1S/C15H24ClNO3/c1-11-8-14(4-5-15(11)16)20-10-13(18)9-17-12(2)6-7-19-3/h4-5,8,12-13,17-18H,6-7,9-10H2,1-3H3. The molecule has 2 unspecified atom stereocenters. The summed E-state index contributed by atoms with van der Waals surface area (Å²) in [6.45, 7) is 5.45. The molecule has 0 bridgehead atoms. The zero-order valence-electron chi connectivity index (χ0n) is 12.4. The van der Waals surface area contributed by atoms with E-state index in [-0.39, 0.29) is 6.61 Å². The van der Waals surface area contributed by atoms with Crippen LogP contribution in [0.15, 0.2) is 18.2 Å². The van der Waals surface area contributed by atoms with Crippen molar-refractivity contribution in [2.24, 2.45) is 0 Å². The van der Waals surface area contributed by atoms with Crippen molar-refractivity contribution in [2.45, 2.75) is 32.4 Å². The van der Waals surface area contributed by atoms with E-state index < -0.39 is 6.10 Å². The number of aryl methyl sites for hydroxylation is 1. The average Bonchev–Trinajstić information content (AvgIpc) is 2.44. The van der Waals surface area contributed by atoms with Gasteiger partial charge in [0.05, 0.1) is 0 Å². The summed E-state index contributed by atoms with van der Waals surface area (Å²) in [6, 6.07) is 5.77. The first-order valence-electron chi connectivity index (χ1n) is 6.82. The molecule has 0 aliphatic carbocycles. The Hall–Kier alpha value is -0.810. The fourth-order valence-corrected chi connectivity index (χ4v) is 1.81. The number of ether oxygens (including phenoxy) is 2. The Morgan fingerprint density at radius 3 is 2.80 bits per heavy atom. The summed E-state index contributed by atoms with van der Waals surface area (Å²) >= 11 is 5.94. The smallest absolute Gasteiger partial charge is 0.119 e. The molecule has 114 valence electrons. The van der Waals surface area contributed by atoms with Gasteiger partial charge in [-0.25, -0.2) is 0 Å². The lowest BCUT2D eigenvalue weighted by atomic mass is 10.2. The summed E-state index contributed by atoms with van der Waals surface area (Å²) in [7, 11) is 1.68. The third kappa shape index (κ3) is 6.57. The molecule has 0 saturated heterocycles. The molecule has 2 N–H and O–H groups in total. The van der Waals surface area contributed by atoms with Crippen LogP contribution in [0.1, 0.15) is 18.9 Å². The predicted molar refractivity (Wildman–Crippen MR) is 81.6 cm³/mol. The van der Waals surface area contributed by atoms with Gasteiger partial charge in [-0.2, -0.15) is 0 Å². The van der Waals surface area contributed by atoms with Gasteiger partial charge in [0.15, 0.2) is 0 Å². The summed E-state index contributed by atoms with van der Waals surface area (Å²) in [5.74, 6) is 0.721. The Morgan fingerprint density at radius 1 is 1.40 bits per heavy atom. The molecule has 1 rings (SSSR count). The van der Waals surface area contributed by atoms with Crippen molar-refractivity contribution < 1.29 is 14.6 Å². The maximum atomic E-state index is 9.86. The molecule has 20 heavy (non-hydrogen) atoms. The zero-order chi connectivity index (χ0) is 15.0. The van der Waals surface area contributed by atoms with Crippen LogP contribution < -0.4 is 10.1 Å². The Morgan fingerprint density at radius 2 is 2.15 bits per heavy atom. The number of methoxy groups -OCH3 is 1. The Balaban J connectivity index is 2.25. The highest BCUT2D eigenvalue weighted by atomic mass is 35.5. The lowest BCUT2D eigenvalue weighted by Gasteiger charge is -2.17. The van der Waals surface area contributed by atoms with Crippen LogP contribution in [0, 0.1) is 6.92 Å². The third-order valence-corrected chi connectivity index (χ3v) is 3.45. The Bertz CT molecular complexity index is 401. The van der Waals surface area contributed by atoms with Crippen molar-refractivity contribution in [2.75, 3.05) is 26.9 Å². The highest BCUT2D eigenvalue weighted by molar-refractivity contribution is 6.31. The molecule has 2 atom stereocenters. The number of halogens is 1. The first-order valence-corrected chi connectivity index (χ1v) is 7.20.